The number of halogens is 4. The fourth-order valence-corrected chi connectivity index (χ4v) is 4.79. The van der Waals surface area contributed by atoms with Gasteiger partial charge >= 0.3 is 12.2 Å². The fourth-order valence-electron chi connectivity index (χ4n) is 4.79. The Morgan fingerprint density at radius 2 is 1.56 bits per heavy atom. The molecule has 4 aromatic rings. The van der Waals surface area contributed by atoms with Crippen molar-refractivity contribution >= 4 is 34.8 Å². The summed E-state index contributed by atoms with van der Waals surface area (Å²) in [5.74, 6) is -2.52. The van der Waals surface area contributed by atoms with E-state index in [4.69, 9.17) is 0 Å². The summed E-state index contributed by atoms with van der Waals surface area (Å²) in [6, 6.07) is 23.3. The van der Waals surface area contributed by atoms with E-state index in [0.29, 0.717) is 39.7 Å². The van der Waals surface area contributed by atoms with E-state index in [2.05, 4.69) is 10.3 Å². The number of carbonyl (C=O) groups excluding carboxylic acids is 3. The Labute approximate surface area is 243 Å². The summed E-state index contributed by atoms with van der Waals surface area (Å²) in [4.78, 5) is 46.1. The van der Waals surface area contributed by atoms with E-state index in [-0.39, 0.29) is 5.78 Å². The summed E-state index contributed by atoms with van der Waals surface area (Å²) in [6.45, 7) is 1.35. The summed E-state index contributed by atoms with van der Waals surface area (Å²) >= 11 is 0. The van der Waals surface area contributed by atoms with Gasteiger partial charge in [0.25, 0.3) is 5.91 Å². The molecule has 0 bridgehead atoms. The van der Waals surface area contributed by atoms with Gasteiger partial charge < -0.3 is 15.5 Å². The number of carbonyl (C=O) groups is 3. The molecule has 0 aliphatic carbocycles. The topological polar surface area (TPSA) is 90.9 Å². The van der Waals surface area contributed by atoms with Gasteiger partial charge in [0.15, 0.2) is 5.78 Å². The van der Waals surface area contributed by atoms with Crippen LogP contribution in [0.15, 0.2) is 102 Å². The molecule has 1 atom stereocenters. The number of amides is 3. The molecule has 4 aromatic carbocycles. The zero-order valence-corrected chi connectivity index (χ0v) is 22.7. The Hall–Kier alpha value is -5.32. The van der Waals surface area contributed by atoms with Crippen molar-refractivity contribution in [1.29, 1.82) is 0 Å². The van der Waals surface area contributed by atoms with Gasteiger partial charge in [-0.05, 0) is 30.7 Å². The second-order valence-electron chi connectivity index (χ2n) is 9.68. The van der Waals surface area contributed by atoms with E-state index in [1.54, 1.807) is 85.8 Å². The molecular weight excluding hydrogens is 564 g/mol. The number of benzodiazepines with no additional fused rings is 1. The van der Waals surface area contributed by atoms with Crippen molar-refractivity contribution < 1.29 is 31.9 Å². The highest BCUT2D eigenvalue weighted by molar-refractivity contribution is 6.21. The van der Waals surface area contributed by atoms with Gasteiger partial charge in [0.1, 0.15) is 5.82 Å². The molecule has 218 valence electrons. The minimum Gasteiger partial charge on any atom is -0.308 e. The number of para-hydroxylation sites is 2. The first kappa shape index (κ1) is 29.2. The second kappa shape index (κ2) is 11.9. The van der Waals surface area contributed by atoms with E-state index in [0.717, 1.165) is 12.1 Å². The van der Waals surface area contributed by atoms with E-state index in [1.165, 1.54) is 4.90 Å². The quantitative estimate of drug-likeness (QED) is 0.203. The molecule has 7 nitrogen and oxygen atoms in total. The van der Waals surface area contributed by atoms with Crippen LogP contribution in [-0.2, 0) is 11.0 Å². The number of nitrogens with one attached hydrogen (secondary N) is 2. The number of urea groups is 1. The second-order valence-corrected chi connectivity index (χ2v) is 9.68. The molecule has 1 aliphatic heterocycles. The molecule has 0 aromatic heterocycles. The van der Waals surface area contributed by atoms with E-state index < -0.39 is 47.9 Å². The molecular formula is C32H24F4N4O3. The van der Waals surface area contributed by atoms with Gasteiger partial charge in [-0.15, -0.1) is 0 Å². The average molecular weight is 589 g/mol. The number of hydrogen-bond acceptors (Lipinski definition) is 4. The maximum Gasteiger partial charge on any atom is 0.418 e. The molecule has 0 unspecified atom stereocenters. The Morgan fingerprint density at radius 3 is 2.28 bits per heavy atom. The number of Topliss-reactive ketones (excluding diaryl/α,β-unsaturated/α-hetero) is 1. The highest BCUT2D eigenvalue weighted by Crippen LogP contribution is 2.36. The fraction of sp³-hybridized carbons (Fsp3) is 0.125. The van der Waals surface area contributed by atoms with Crippen molar-refractivity contribution in [1.82, 2.24) is 5.32 Å². The third-order valence-corrected chi connectivity index (χ3v) is 6.83. The lowest BCUT2D eigenvalue weighted by Gasteiger charge is -2.25. The largest absolute Gasteiger partial charge is 0.418 e. The molecule has 0 fully saturated rings. The highest BCUT2D eigenvalue weighted by Gasteiger charge is 2.37. The Kier molecular flexibility index (Phi) is 8.07. The van der Waals surface area contributed by atoms with Crippen molar-refractivity contribution in [3.8, 4) is 0 Å². The van der Waals surface area contributed by atoms with Crippen molar-refractivity contribution in [2.75, 3.05) is 16.8 Å². The van der Waals surface area contributed by atoms with Gasteiger partial charge in [-0.3, -0.25) is 9.59 Å². The van der Waals surface area contributed by atoms with Gasteiger partial charge in [-0.25, -0.2) is 14.2 Å². The molecule has 0 radical (unpaired) electrons. The van der Waals surface area contributed by atoms with Crippen LogP contribution in [-0.4, -0.2) is 36.1 Å². The molecule has 5 rings (SSSR count). The monoisotopic (exact) mass is 588 g/mol. The molecule has 1 aliphatic rings. The predicted octanol–water partition coefficient (Wildman–Crippen LogP) is 6.37. The summed E-state index contributed by atoms with van der Waals surface area (Å²) in [7, 11) is 0. The molecule has 0 spiro atoms. The number of anilines is 2. The van der Waals surface area contributed by atoms with Gasteiger partial charge in [0, 0.05) is 16.7 Å². The maximum atomic E-state index is 14.4. The lowest BCUT2D eigenvalue weighted by molar-refractivity contribution is -0.137. The van der Waals surface area contributed by atoms with Gasteiger partial charge in [-0.2, -0.15) is 13.2 Å². The summed E-state index contributed by atoms with van der Waals surface area (Å²) in [6.07, 6.45) is -6.65. The third kappa shape index (κ3) is 6.15. The van der Waals surface area contributed by atoms with Crippen LogP contribution in [0.1, 0.15) is 32.6 Å². The summed E-state index contributed by atoms with van der Waals surface area (Å²) in [5, 5.41) is 4.16. The number of aliphatic imine (C=N–C) groups is 1. The number of ketones is 1. The Balaban J connectivity index is 1.55. The molecule has 0 saturated carbocycles. The van der Waals surface area contributed by atoms with Crippen LogP contribution in [0.25, 0.3) is 0 Å². The van der Waals surface area contributed by atoms with Crippen molar-refractivity contribution in [2.45, 2.75) is 19.3 Å². The zero-order chi connectivity index (χ0) is 30.7. The highest BCUT2D eigenvalue weighted by atomic mass is 19.4. The molecule has 0 saturated heterocycles. The smallest absolute Gasteiger partial charge is 0.308 e. The zero-order valence-electron chi connectivity index (χ0n) is 22.7. The lowest BCUT2D eigenvalue weighted by atomic mass is 9.99. The first-order valence-electron chi connectivity index (χ1n) is 13.1. The Morgan fingerprint density at radius 1 is 0.884 bits per heavy atom. The molecule has 11 heteroatoms. The van der Waals surface area contributed by atoms with Gasteiger partial charge in [-0.1, -0.05) is 78.9 Å². The van der Waals surface area contributed by atoms with Crippen LogP contribution in [0.4, 0.5) is 33.7 Å². The van der Waals surface area contributed by atoms with Crippen LogP contribution in [0, 0.1) is 12.7 Å². The van der Waals surface area contributed by atoms with Crippen molar-refractivity contribution in [3.05, 3.63) is 131 Å². The number of hydrogen-bond donors (Lipinski definition) is 2. The van der Waals surface area contributed by atoms with Crippen molar-refractivity contribution in [2.24, 2.45) is 4.99 Å². The first-order valence-corrected chi connectivity index (χ1v) is 13.1. The maximum absolute atomic E-state index is 14.4. The number of alkyl halides is 3. The number of rotatable bonds is 6. The van der Waals surface area contributed by atoms with Crippen LogP contribution in [0.5, 0.6) is 0 Å². The summed E-state index contributed by atoms with van der Waals surface area (Å²) < 4.78 is 55.0. The number of nitrogens with zero attached hydrogens (tertiary/aromatic N) is 2. The van der Waals surface area contributed by atoms with Crippen molar-refractivity contribution in [3.63, 3.8) is 0 Å². The Bertz CT molecular complexity index is 1740. The van der Waals surface area contributed by atoms with E-state index in [1.807, 2.05) is 5.32 Å². The lowest BCUT2D eigenvalue weighted by Crippen LogP contribution is -2.50. The number of fused-ring (bicyclic) bond motifs is 1. The van der Waals surface area contributed by atoms with E-state index >= 15 is 0 Å². The SMILES string of the molecule is Cc1ccccc1C(=O)CN1C(=O)[C@H](NC(=O)Nc2c(F)cccc2C(F)(F)F)N=C(c2ccccc2)c2ccccc21. The first-order chi connectivity index (χ1) is 20.5. The molecule has 1 heterocycles. The van der Waals surface area contributed by atoms with E-state index in [9.17, 15) is 31.9 Å². The minimum atomic E-state index is -4.96. The molecule has 3 amide bonds. The average Bonchev–Trinajstić information content (AvgIpc) is 3.09. The van der Waals surface area contributed by atoms with Crippen LogP contribution in [0.3, 0.4) is 0 Å². The van der Waals surface area contributed by atoms with Crippen LogP contribution >= 0.6 is 0 Å². The summed E-state index contributed by atoms with van der Waals surface area (Å²) in [5.41, 5.74) is 0.286. The number of aryl methyl sites for hydroxylation is 1. The van der Waals surface area contributed by atoms with Crippen LogP contribution < -0.4 is 15.5 Å². The molecule has 43 heavy (non-hydrogen) atoms. The minimum absolute atomic E-state index is 0.294. The normalized spacial score (nSPS) is 14.8. The molecule has 2 N–H and O–H groups in total. The van der Waals surface area contributed by atoms with Gasteiger partial charge in [0.2, 0.25) is 6.17 Å². The third-order valence-electron chi connectivity index (χ3n) is 6.83. The number of benzene rings is 4. The predicted molar refractivity (Wildman–Crippen MR) is 154 cm³/mol. The standard InChI is InChI=1S/C32H24F4N4O3/c1-19-10-5-6-13-21(19)26(41)18-40-25-17-8-7-14-22(25)27(20-11-3-2-4-12-20)37-29(30(40)42)39-31(43)38-28-23(32(34,35)36)15-9-16-24(28)33/h2-17,29H,18H2,1H3,(H2,38,39,43)/t29-/m0/s1. The van der Waals surface area contributed by atoms with Crippen LogP contribution in [0.2, 0.25) is 0 Å². The van der Waals surface area contributed by atoms with Gasteiger partial charge in [0.05, 0.1) is 29.2 Å².